The largest absolute Gasteiger partial charge is 0.310 e. The maximum atomic E-state index is 3.66. The van der Waals surface area contributed by atoms with E-state index in [1.54, 1.807) is 0 Å². The maximum absolute atomic E-state index is 3.66. The molecule has 1 unspecified atom stereocenters. The molecule has 0 saturated heterocycles. The Balaban J connectivity index is 1.99. The summed E-state index contributed by atoms with van der Waals surface area (Å²) in [6, 6.07) is 19.8. The molecule has 2 heteroatoms. The molecular weight excluding hydrogens is 310 g/mol. The van der Waals surface area contributed by atoms with Crippen molar-refractivity contribution >= 4 is 15.9 Å². The van der Waals surface area contributed by atoms with Gasteiger partial charge in [0.05, 0.1) is 0 Å². The second kappa shape index (κ2) is 8.23. The first-order valence-electron chi connectivity index (χ1n) is 7.32. The number of hydrogen-bond donors (Lipinski definition) is 1. The minimum absolute atomic E-state index is 0.444. The van der Waals surface area contributed by atoms with Crippen molar-refractivity contribution in [3.8, 4) is 0 Å². The van der Waals surface area contributed by atoms with E-state index in [1.165, 1.54) is 17.5 Å². The van der Waals surface area contributed by atoms with Gasteiger partial charge < -0.3 is 5.32 Å². The van der Waals surface area contributed by atoms with Gasteiger partial charge >= 0.3 is 0 Å². The average molecular weight is 332 g/mol. The topological polar surface area (TPSA) is 12.0 Å². The number of aryl methyl sites for hydroxylation is 1. The summed E-state index contributed by atoms with van der Waals surface area (Å²) in [4.78, 5) is 0. The zero-order valence-electron chi connectivity index (χ0n) is 12.0. The Bertz CT molecular complexity index is 493. The van der Waals surface area contributed by atoms with Gasteiger partial charge in [0.2, 0.25) is 0 Å². The molecule has 0 heterocycles. The Kier molecular flexibility index (Phi) is 6.28. The minimum atomic E-state index is 0.444. The van der Waals surface area contributed by atoms with Crippen LogP contribution < -0.4 is 5.32 Å². The van der Waals surface area contributed by atoms with Crippen LogP contribution in [-0.2, 0) is 6.42 Å². The van der Waals surface area contributed by atoms with Gasteiger partial charge in [0, 0.05) is 10.5 Å². The molecule has 20 heavy (non-hydrogen) atoms. The molecule has 0 saturated carbocycles. The summed E-state index contributed by atoms with van der Waals surface area (Å²) >= 11 is 3.48. The van der Waals surface area contributed by atoms with Gasteiger partial charge in [0.1, 0.15) is 0 Å². The predicted octanol–water partition coefficient (Wildman–Crippen LogP) is 5.12. The Hall–Kier alpha value is -1.12. The van der Waals surface area contributed by atoms with E-state index >= 15 is 0 Å². The lowest BCUT2D eigenvalue weighted by molar-refractivity contribution is 0.499. The Morgan fingerprint density at radius 1 is 1.00 bits per heavy atom. The fraction of sp³-hybridized carbons (Fsp3) is 0.333. The standard InChI is InChI=1S/C18H22BrN/c1-2-14-20-18(16-6-4-3-5-7-16)13-10-15-8-11-17(19)12-9-15/h3-9,11-12,18,20H,2,10,13-14H2,1H3. The van der Waals surface area contributed by atoms with Gasteiger partial charge in [-0.3, -0.25) is 0 Å². The lowest BCUT2D eigenvalue weighted by atomic mass is 9.99. The molecule has 2 aromatic carbocycles. The molecule has 0 radical (unpaired) electrons. The molecular formula is C18H22BrN. The predicted molar refractivity (Wildman–Crippen MR) is 89.9 cm³/mol. The van der Waals surface area contributed by atoms with E-state index in [1.807, 2.05) is 0 Å². The molecule has 0 bridgehead atoms. The van der Waals surface area contributed by atoms with E-state index in [0.717, 1.165) is 23.9 Å². The quantitative estimate of drug-likeness (QED) is 0.742. The zero-order chi connectivity index (χ0) is 14.2. The fourth-order valence-corrected chi connectivity index (χ4v) is 2.62. The summed E-state index contributed by atoms with van der Waals surface area (Å²) in [7, 11) is 0. The van der Waals surface area contributed by atoms with Gasteiger partial charge in [-0.15, -0.1) is 0 Å². The highest BCUT2D eigenvalue weighted by Gasteiger charge is 2.10. The van der Waals surface area contributed by atoms with Crippen molar-refractivity contribution in [3.63, 3.8) is 0 Å². The third kappa shape index (κ3) is 4.77. The highest BCUT2D eigenvalue weighted by atomic mass is 79.9. The van der Waals surface area contributed by atoms with Gasteiger partial charge in [-0.05, 0) is 49.1 Å². The van der Waals surface area contributed by atoms with E-state index < -0.39 is 0 Å². The molecule has 1 N–H and O–H groups in total. The van der Waals surface area contributed by atoms with Crippen molar-refractivity contribution < 1.29 is 0 Å². The highest BCUT2D eigenvalue weighted by Crippen LogP contribution is 2.20. The monoisotopic (exact) mass is 331 g/mol. The molecule has 0 aliphatic heterocycles. The van der Waals surface area contributed by atoms with E-state index in [2.05, 4.69) is 82.8 Å². The second-order valence-corrected chi connectivity index (χ2v) is 6.00. The summed E-state index contributed by atoms with van der Waals surface area (Å²) in [6.07, 6.45) is 3.40. The van der Waals surface area contributed by atoms with Crippen LogP contribution in [-0.4, -0.2) is 6.54 Å². The molecule has 0 aliphatic carbocycles. The summed E-state index contributed by atoms with van der Waals surface area (Å²) in [5, 5.41) is 3.66. The molecule has 2 rings (SSSR count). The Labute approximate surface area is 130 Å². The maximum Gasteiger partial charge on any atom is 0.0323 e. The third-order valence-corrected chi connectivity index (χ3v) is 4.01. The summed E-state index contributed by atoms with van der Waals surface area (Å²) in [6.45, 7) is 3.28. The molecule has 1 atom stereocenters. The van der Waals surface area contributed by atoms with Crippen LogP contribution in [0.4, 0.5) is 0 Å². The van der Waals surface area contributed by atoms with Crippen LogP contribution in [0, 0.1) is 0 Å². The molecule has 0 spiro atoms. The number of halogens is 1. The van der Waals surface area contributed by atoms with E-state index in [-0.39, 0.29) is 0 Å². The van der Waals surface area contributed by atoms with Crippen molar-refractivity contribution in [3.05, 3.63) is 70.2 Å². The number of rotatable bonds is 7. The van der Waals surface area contributed by atoms with Crippen molar-refractivity contribution in [2.45, 2.75) is 32.2 Å². The van der Waals surface area contributed by atoms with Crippen LogP contribution in [0.2, 0.25) is 0 Å². The van der Waals surface area contributed by atoms with Crippen LogP contribution in [0.25, 0.3) is 0 Å². The molecule has 0 amide bonds. The van der Waals surface area contributed by atoms with Gasteiger partial charge in [-0.2, -0.15) is 0 Å². The van der Waals surface area contributed by atoms with E-state index in [0.29, 0.717) is 6.04 Å². The lowest BCUT2D eigenvalue weighted by Gasteiger charge is -2.19. The van der Waals surface area contributed by atoms with Crippen LogP contribution in [0.5, 0.6) is 0 Å². The van der Waals surface area contributed by atoms with Crippen LogP contribution in [0.15, 0.2) is 59.1 Å². The van der Waals surface area contributed by atoms with Crippen molar-refractivity contribution in [2.75, 3.05) is 6.54 Å². The van der Waals surface area contributed by atoms with Gasteiger partial charge in [-0.25, -0.2) is 0 Å². The minimum Gasteiger partial charge on any atom is -0.310 e. The van der Waals surface area contributed by atoms with Crippen molar-refractivity contribution in [1.29, 1.82) is 0 Å². The summed E-state index contributed by atoms with van der Waals surface area (Å²) in [5.74, 6) is 0. The summed E-state index contributed by atoms with van der Waals surface area (Å²) in [5.41, 5.74) is 2.78. The first-order chi connectivity index (χ1) is 9.79. The fourth-order valence-electron chi connectivity index (χ4n) is 2.35. The molecule has 0 aliphatic rings. The normalized spacial score (nSPS) is 12.3. The number of nitrogens with one attached hydrogen (secondary N) is 1. The van der Waals surface area contributed by atoms with Crippen LogP contribution in [0.1, 0.15) is 36.9 Å². The number of benzene rings is 2. The van der Waals surface area contributed by atoms with E-state index in [9.17, 15) is 0 Å². The van der Waals surface area contributed by atoms with Crippen molar-refractivity contribution in [2.24, 2.45) is 0 Å². The van der Waals surface area contributed by atoms with Gasteiger partial charge in [0.15, 0.2) is 0 Å². The number of hydrogen-bond acceptors (Lipinski definition) is 1. The smallest absolute Gasteiger partial charge is 0.0323 e. The lowest BCUT2D eigenvalue weighted by Crippen LogP contribution is -2.22. The first kappa shape index (κ1) is 15.3. The SMILES string of the molecule is CCCNC(CCc1ccc(Br)cc1)c1ccccc1. The first-order valence-corrected chi connectivity index (χ1v) is 8.11. The zero-order valence-corrected chi connectivity index (χ0v) is 13.6. The Morgan fingerprint density at radius 2 is 1.70 bits per heavy atom. The average Bonchev–Trinajstić information content (AvgIpc) is 2.50. The molecule has 0 aromatic heterocycles. The highest BCUT2D eigenvalue weighted by molar-refractivity contribution is 9.10. The van der Waals surface area contributed by atoms with Gasteiger partial charge in [0.25, 0.3) is 0 Å². The van der Waals surface area contributed by atoms with Crippen LogP contribution in [0.3, 0.4) is 0 Å². The molecule has 106 valence electrons. The molecule has 2 aromatic rings. The van der Waals surface area contributed by atoms with Gasteiger partial charge in [-0.1, -0.05) is 65.3 Å². The van der Waals surface area contributed by atoms with E-state index in [4.69, 9.17) is 0 Å². The Morgan fingerprint density at radius 3 is 2.35 bits per heavy atom. The molecule has 0 fully saturated rings. The van der Waals surface area contributed by atoms with Crippen LogP contribution >= 0.6 is 15.9 Å². The third-order valence-electron chi connectivity index (χ3n) is 3.48. The van der Waals surface area contributed by atoms with Crippen molar-refractivity contribution in [1.82, 2.24) is 5.32 Å². The summed E-state index contributed by atoms with van der Waals surface area (Å²) < 4.78 is 1.14. The second-order valence-electron chi connectivity index (χ2n) is 5.08. The molecule has 1 nitrogen and oxygen atoms in total.